The Hall–Kier alpha value is -0.820. The number of hydrogen-bond donors (Lipinski definition) is 6. The van der Waals surface area contributed by atoms with Crippen molar-refractivity contribution in [3.63, 3.8) is 0 Å². The molecule has 250 valence electrons. The van der Waals surface area contributed by atoms with Crippen molar-refractivity contribution < 1.29 is 42.7 Å². The van der Waals surface area contributed by atoms with Crippen LogP contribution in [0.4, 0.5) is 0 Å². The molecule has 4 rings (SSSR count). The predicted octanol–water partition coefficient (Wildman–Crippen LogP) is 2.20. The van der Waals surface area contributed by atoms with Gasteiger partial charge in [-0.3, -0.25) is 9.35 Å². The highest BCUT2D eigenvalue weighted by Gasteiger charge is 2.65. The summed E-state index contributed by atoms with van der Waals surface area (Å²) in [6.07, 6.45) is 5.56. The van der Waals surface area contributed by atoms with E-state index in [1.807, 2.05) is 14.1 Å². The summed E-state index contributed by atoms with van der Waals surface area (Å²) in [6, 6.07) is 0. The summed E-state index contributed by atoms with van der Waals surface area (Å²) in [5.41, 5.74) is -0.222. The molecule has 4 fully saturated rings. The number of quaternary nitrogens is 1. The molecule has 0 heterocycles. The van der Waals surface area contributed by atoms with E-state index in [4.69, 9.17) is 4.55 Å². The lowest BCUT2D eigenvalue weighted by Crippen LogP contribution is -2.62. The number of hydrogen-bond acceptors (Lipinski definition) is 7. The van der Waals surface area contributed by atoms with Crippen LogP contribution < -0.4 is 5.32 Å². The van der Waals surface area contributed by atoms with Crippen LogP contribution in [0, 0.1) is 46.3 Å². The summed E-state index contributed by atoms with van der Waals surface area (Å²) >= 11 is 0. The summed E-state index contributed by atoms with van der Waals surface area (Å²) in [5, 5.41) is 46.5. The zero-order chi connectivity index (χ0) is 32.0. The van der Waals surface area contributed by atoms with Gasteiger partial charge in [-0.2, -0.15) is 8.42 Å². The predicted molar refractivity (Wildman–Crippen MR) is 164 cm³/mol. The minimum absolute atomic E-state index is 0.00585. The Morgan fingerprint density at radius 1 is 1.05 bits per heavy atom. The number of rotatable bonds is 12. The monoisotopic (exact) mass is 631 g/mol. The van der Waals surface area contributed by atoms with Crippen molar-refractivity contribution >= 4 is 16.0 Å². The number of aliphatic hydroxyl groups excluding tert-OH is 4. The molecule has 0 aromatic heterocycles. The van der Waals surface area contributed by atoms with Gasteiger partial charge in [0.15, 0.2) is 0 Å². The molecule has 0 aromatic rings. The van der Waals surface area contributed by atoms with Crippen molar-refractivity contribution in [2.75, 3.05) is 39.5 Å². The van der Waals surface area contributed by atoms with Gasteiger partial charge in [0.2, 0.25) is 5.91 Å². The molecule has 6 N–H and O–H groups in total. The Balaban J connectivity index is 1.27. The standard InChI is InChI=1S/C32H58N2O8S/c1-20(7-10-29(39)33-13-6-14-34(4,5)18-23(36)19-43(40,41)42)24-8-9-25-30-26(17-28(38)32(24,25)3)31(2)12-11-22(35)15-21(31)16-27(30)37/h20-28,30,35-38H,6-19H2,1-5H3,(H-,33,39,40,41,42)/p+1/t20?,21?,22-,23?,24?,25?,26?,27?,28+,30?,31?,32?/m1/s1. The molecule has 4 aliphatic rings. The highest BCUT2D eigenvalue weighted by Crippen LogP contribution is 2.68. The van der Waals surface area contributed by atoms with Crippen LogP contribution in [0.3, 0.4) is 0 Å². The Kier molecular flexibility index (Phi) is 10.7. The first-order chi connectivity index (χ1) is 19.9. The minimum atomic E-state index is -4.23. The summed E-state index contributed by atoms with van der Waals surface area (Å²) in [7, 11) is -0.484. The van der Waals surface area contributed by atoms with Crippen LogP contribution in [0.5, 0.6) is 0 Å². The Bertz CT molecular complexity index is 1090. The molecule has 0 aliphatic heterocycles. The summed E-state index contributed by atoms with van der Waals surface area (Å²) < 4.78 is 31.3. The van der Waals surface area contributed by atoms with Gasteiger partial charge in [-0.25, -0.2) is 0 Å². The number of amides is 1. The number of nitrogens with zero attached hydrogens (tertiary/aromatic N) is 1. The number of carbonyl (C=O) groups is 1. The van der Waals surface area contributed by atoms with Gasteiger partial charge in [-0.1, -0.05) is 20.8 Å². The van der Waals surface area contributed by atoms with Crippen molar-refractivity contribution in [1.29, 1.82) is 0 Å². The number of fused-ring (bicyclic) bond motifs is 5. The fourth-order valence-electron chi connectivity index (χ4n) is 10.5. The van der Waals surface area contributed by atoms with Crippen molar-refractivity contribution in [1.82, 2.24) is 5.32 Å². The SMILES string of the molecule is CC(CCC(=O)NCCC[N+](C)(C)CC(O)CS(=O)(=O)O)C1CCC2C3C(O)CC4C[C@H](O)CCC4(C)C3C[C@H](O)C12C. The van der Waals surface area contributed by atoms with Crippen molar-refractivity contribution in [3.8, 4) is 0 Å². The second kappa shape index (κ2) is 13.1. The fourth-order valence-corrected chi connectivity index (χ4v) is 11.1. The van der Waals surface area contributed by atoms with Gasteiger partial charge in [-0.05, 0) is 97.7 Å². The Morgan fingerprint density at radius 3 is 2.42 bits per heavy atom. The van der Waals surface area contributed by atoms with E-state index in [0.717, 1.165) is 44.9 Å². The minimum Gasteiger partial charge on any atom is -0.393 e. The first-order valence-corrected chi connectivity index (χ1v) is 18.2. The van der Waals surface area contributed by atoms with E-state index in [2.05, 4.69) is 26.1 Å². The van der Waals surface area contributed by atoms with E-state index < -0.39 is 28.1 Å². The molecule has 4 aliphatic carbocycles. The van der Waals surface area contributed by atoms with Gasteiger partial charge in [0, 0.05) is 19.4 Å². The lowest BCUT2D eigenvalue weighted by molar-refractivity contribution is -0.893. The van der Waals surface area contributed by atoms with Crippen LogP contribution in [0.2, 0.25) is 0 Å². The third-order valence-electron chi connectivity index (χ3n) is 12.7. The molecule has 0 saturated heterocycles. The largest absolute Gasteiger partial charge is 0.393 e. The maximum atomic E-state index is 12.7. The van der Waals surface area contributed by atoms with Crippen molar-refractivity contribution in [2.24, 2.45) is 46.3 Å². The first kappa shape index (κ1) is 35.0. The van der Waals surface area contributed by atoms with Crippen LogP contribution in [-0.2, 0) is 14.9 Å². The van der Waals surface area contributed by atoms with Crippen LogP contribution in [0.15, 0.2) is 0 Å². The third kappa shape index (κ3) is 7.60. The molecule has 0 bridgehead atoms. The number of nitrogens with one attached hydrogen (secondary N) is 1. The zero-order valence-electron chi connectivity index (χ0n) is 27.0. The van der Waals surface area contributed by atoms with Crippen LogP contribution in [-0.4, -0.2) is 108 Å². The van der Waals surface area contributed by atoms with Gasteiger partial charge in [0.1, 0.15) is 18.4 Å². The number of carbonyl (C=O) groups excluding carboxylic acids is 1. The normalized spacial score (nSPS) is 41.1. The highest BCUT2D eigenvalue weighted by molar-refractivity contribution is 7.85. The molecular formula is C32H59N2O8S+. The molecule has 0 spiro atoms. The summed E-state index contributed by atoms with van der Waals surface area (Å²) in [4.78, 5) is 12.7. The zero-order valence-corrected chi connectivity index (χ0v) is 27.8. The molecule has 12 atom stereocenters. The van der Waals surface area contributed by atoms with Gasteiger partial charge in [0.25, 0.3) is 10.1 Å². The van der Waals surface area contributed by atoms with E-state index >= 15 is 0 Å². The second-order valence-electron chi connectivity index (χ2n) is 16.0. The van der Waals surface area contributed by atoms with Crippen molar-refractivity contribution in [3.05, 3.63) is 0 Å². The number of likely N-dealkylation sites (N-methyl/N-ethyl adjacent to an activating group) is 1. The van der Waals surface area contributed by atoms with Crippen LogP contribution >= 0.6 is 0 Å². The van der Waals surface area contributed by atoms with E-state index in [1.54, 1.807) is 0 Å². The molecule has 4 saturated carbocycles. The molecule has 0 radical (unpaired) electrons. The third-order valence-corrected chi connectivity index (χ3v) is 13.5. The highest BCUT2D eigenvalue weighted by atomic mass is 32.2. The van der Waals surface area contributed by atoms with Gasteiger partial charge >= 0.3 is 0 Å². The Labute approximate surface area is 259 Å². The van der Waals surface area contributed by atoms with E-state index in [0.29, 0.717) is 48.7 Å². The van der Waals surface area contributed by atoms with Gasteiger partial charge in [0.05, 0.1) is 39.0 Å². The smallest absolute Gasteiger partial charge is 0.267 e. The maximum Gasteiger partial charge on any atom is 0.267 e. The van der Waals surface area contributed by atoms with Crippen LogP contribution in [0.25, 0.3) is 0 Å². The molecule has 10 nitrogen and oxygen atoms in total. The lowest BCUT2D eigenvalue weighted by atomic mass is 9.43. The van der Waals surface area contributed by atoms with Gasteiger partial charge < -0.3 is 30.2 Å². The summed E-state index contributed by atoms with van der Waals surface area (Å²) in [5.74, 6) is 0.890. The summed E-state index contributed by atoms with van der Waals surface area (Å²) in [6.45, 7) is 8.10. The van der Waals surface area contributed by atoms with E-state index in [-0.39, 0.29) is 59.2 Å². The topological polar surface area (TPSA) is 164 Å². The molecular weight excluding hydrogens is 572 g/mol. The van der Waals surface area contributed by atoms with E-state index in [9.17, 15) is 33.6 Å². The fraction of sp³-hybridized carbons (Fsp3) is 0.969. The molecule has 0 aromatic carbocycles. The van der Waals surface area contributed by atoms with Gasteiger partial charge in [-0.15, -0.1) is 0 Å². The maximum absolute atomic E-state index is 12.7. The van der Waals surface area contributed by atoms with Crippen molar-refractivity contribution in [2.45, 2.75) is 109 Å². The first-order valence-electron chi connectivity index (χ1n) is 16.6. The van der Waals surface area contributed by atoms with Crippen LogP contribution in [0.1, 0.15) is 85.0 Å². The quantitative estimate of drug-likeness (QED) is 0.108. The molecule has 10 unspecified atom stereocenters. The molecule has 43 heavy (non-hydrogen) atoms. The average Bonchev–Trinajstić information content (AvgIpc) is 3.24. The van der Waals surface area contributed by atoms with E-state index in [1.165, 1.54) is 0 Å². The average molecular weight is 632 g/mol. The Morgan fingerprint density at radius 2 is 1.74 bits per heavy atom. The molecule has 11 heteroatoms. The molecule has 1 amide bonds. The number of aliphatic hydroxyl groups is 4. The second-order valence-corrected chi connectivity index (χ2v) is 17.5. The lowest BCUT2D eigenvalue weighted by Gasteiger charge is -2.63.